The third-order valence-electron chi connectivity index (χ3n) is 4.56. The molecule has 5 nitrogen and oxygen atoms in total. The van der Waals surface area contributed by atoms with Gasteiger partial charge in [0.2, 0.25) is 0 Å². The number of nitrogens with zero attached hydrogens (tertiary/aromatic N) is 2. The molecule has 1 saturated heterocycles. The summed E-state index contributed by atoms with van der Waals surface area (Å²) in [5.41, 5.74) is 1.31. The zero-order valence-electron chi connectivity index (χ0n) is 16.8. The lowest BCUT2D eigenvalue weighted by Crippen LogP contribution is -2.47. The molecule has 0 saturated carbocycles. The summed E-state index contributed by atoms with van der Waals surface area (Å²) in [7, 11) is 1.86. The standard InChI is InChI=1S/C21H35N3O2/c1-5-25-20-11-14-24(15-12-20)21(22-4)23-13-10-18-6-8-19(9-7-18)26-16-17(2)3/h6-9,17,20H,5,10-16H2,1-4H3,(H,22,23). The van der Waals surface area contributed by atoms with Gasteiger partial charge in [-0.25, -0.2) is 0 Å². The van der Waals surface area contributed by atoms with Gasteiger partial charge < -0.3 is 19.7 Å². The fourth-order valence-corrected chi connectivity index (χ4v) is 3.14. The van der Waals surface area contributed by atoms with E-state index in [2.05, 4.69) is 60.2 Å². The van der Waals surface area contributed by atoms with Gasteiger partial charge in [-0.1, -0.05) is 26.0 Å². The van der Waals surface area contributed by atoms with Crippen LogP contribution in [-0.2, 0) is 11.2 Å². The molecule has 1 heterocycles. The van der Waals surface area contributed by atoms with Crippen molar-refractivity contribution in [2.45, 2.75) is 46.1 Å². The number of aliphatic imine (C=N–C) groups is 1. The highest BCUT2D eigenvalue weighted by Crippen LogP contribution is 2.15. The highest BCUT2D eigenvalue weighted by atomic mass is 16.5. The lowest BCUT2D eigenvalue weighted by atomic mass is 10.1. The number of nitrogens with one attached hydrogen (secondary N) is 1. The average Bonchev–Trinajstić information content (AvgIpc) is 2.65. The van der Waals surface area contributed by atoms with E-state index < -0.39 is 0 Å². The Kier molecular flexibility index (Phi) is 8.75. The first-order valence-corrected chi connectivity index (χ1v) is 9.91. The van der Waals surface area contributed by atoms with Crippen molar-refractivity contribution in [3.8, 4) is 5.75 Å². The van der Waals surface area contributed by atoms with Gasteiger partial charge in [-0.15, -0.1) is 0 Å². The summed E-state index contributed by atoms with van der Waals surface area (Å²) >= 11 is 0. The number of hydrogen-bond donors (Lipinski definition) is 1. The molecule has 1 aliphatic heterocycles. The van der Waals surface area contributed by atoms with Crippen molar-refractivity contribution in [2.24, 2.45) is 10.9 Å². The van der Waals surface area contributed by atoms with Crippen LogP contribution in [0.2, 0.25) is 0 Å². The molecule has 1 fully saturated rings. The summed E-state index contributed by atoms with van der Waals surface area (Å²) in [4.78, 5) is 6.77. The Morgan fingerprint density at radius 2 is 1.92 bits per heavy atom. The van der Waals surface area contributed by atoms with Crippen molar-refractivity contribution < 1.29 is 9.47 Å². The highest BCUT2D eigenvalue weighted by molar-refractivity contribution is 5.79. The van der Waals surface area contributed by atoms with Crippen molar-refractivity contribution >= 4 is 5.96 Å². The molecule has 0 atom stereocenters. The van der Waals surface area contributed by atoms with Gasteiger partial charge in [-0.05, 0) is 49.8 Å². The minimum atomic E-state index is 0.408. The fraction of sp³-hybridized carbons (Fsp3) is 0.667. The number of guanidine groups is 1. The van der Waals surface area contributed by atoms with Gasteiger partial charge in [0.05, 0.1) is 12.7 Å². The smallest absolute Gasteiger partial charge is 0.193 e. The van der Waals surface area contributed by atoms with Crippen LogP contribution in [-0.4, -0.2) is 56.9 Å². The molecule has 2 rings (SSSR count). The van der Waals surface area contributed by atoms with Crippen molar-refractivity contribution in [1.82, 2.24) is 10.2 Å². The molecule has 5 heteroatoms. The molecule has 0 amide bonds. The van der Waals surface area contributed by atoms with E-state index in [1.807, 2.05) is 7.05 Å². The van der Waals surface area contributed by atoms with Crippen molar-refractivity contribution in [3.05, 3.63) is 29.8 Å². The molecule has 0 spiro atoms. The predicted molar refractivity (Wildman–Crippen MR) is 108 cm³/mol. The minimum absolute atomic E-state index is 0.408. The first-order chi connectivity index (χ1) is 12.6. The van der Waals surface area contributed by atoms with Gasteiger partial charge in [0.15, 0.2) is 5.96 Å². The molecule has 0 radical (unpaired) electrons. The number of hydrogen-bond acceptors (Lipinski definition) is 3. The summed E-state index contributed by atoms with van der Waals surface area (Å²) in [6.45, 7) is 10.8. The zero-order chi connectivity index (χ0) is 18.8. The monoisotopic (exact) mass is 361 g/mol. The van der Waals surface area contributed by atoms with Crippen LogP contribution in [0.3, 0.4) is 0 Å². The second kappa shape index (κ2) is 11.1. The summed E-state index contributed by atoms with van der Waals surface area (Å²) < 4.78 is 11.5. The summed E-state index contributed by atoms with van der Waals surface area (Å²) in [5.74, 6) is 2.49. The molecular formula is C21H35N3O2. The lowest BCUT2D eigenvalue weighted by molar-refractivity contribution is 0.0264. The second-order valence-corrected chi connectivity index (χ2v) is 7.21. The molecule has 0 aliphatic carbocycles. The Balaban J connectivity index is 1.72. The van der Waals surface area contributed by atoms with Crippen LogP contribution in [0.5, 0.6) is 5.75 Å². The van der Waals surface area contributed by atoms with Crippen LogP contribution in [0.1, 0.15) is 39.2 Å². The van der Waals surface area contributed by atoms with E-state index in [9.17, 15) is 0 Å². The summed E-state index contributed by atoms with van der Waals surface area (Å²) in [6, 6.07) is 8.41. The van der Waals surface area contributed by atoms with Gasteiger partial charge >= 0.3 is 0 Å². The maximum Gasteiger partial charge on any atom is 0.193 e. The molecule has 26 heavy (non-hydrogen) atoms. The third kappa shape index (κ3) is 6.87. The normalized spacial score (nSPS) is 16.2. The van der Waals surface area contributed by atoms with E-state index in [4.69, 9.17) is 9.47 Å². The Labute approximate surface area is 158 Å². The molecule has 1 N–H and O–H groups in total. The fourth-order valence-electron chi connectivity index (χ4n) is 3.14. The molecule has 1 aliphatic rings. The van der Waals surface area contributed by atoms with E-state index in [0.29, 0.717) is 12.0 Å². The van der Waals surface area contributed by atoms with Gasteiger partial charge in [0.25, 0.3) is 0 Å². The van der Waals surface area contributed by atoms with Crippen LogP contribution in [0, 0.1) is 5.92 Å². The van der Waals surface area contributed by atoms with Crippen molar-refractivity contribution in [3.63, 3.8) is 0 Å². The Hall–Kier alpha value is -1.75. The summed E-state index contributed by atoms with van der Waals surface area (Å²) in [6.07, 6.45) is 3.53. The van der Waals surface area contributed by atoms with E-state index in [0.717, 1.165) is 63.8 Å². The maximum absolute atomic E-state index is 5.74. The molecule has 0 aromatic heterocycles. The molecule has 0 bridgehead atoms. The number of ether oxygens (including phenoxy) is 2. The Morgan fingerprint density at radius 1 is 1.23 bits per heavy atom. The van der Waals surface area contributed by atoms with Crippen LogP contribution >= 0.6 is 0 Å². The molecular weight excluding hydrogens is 326 g/mol. The molecule has 1 aromatic carbocycles. The van der Waals surface area contributed by atoms with E-state index in [-0.39, 0.29) is 0 Å². The zero-order valence-corrected chi connectivity index (χ0v) is 16.8. The first kappa shape index (κ1) is 20.6. The molecule has 0 unspecified atom stereocenters. The average molecular weight is 362 g/mol. The van der Waals surface area contributed by atoms with Gasteiger partial charge in [0.1, 0.15) is 5.75 Å². The van der Waals surface area contributed by atoms with Gasteiger partial charge in [0, 0.05) is 33.3 Å². The minimum Gasteiger partial charge on any atom is -0.493 e. The quantitative estimate of drug-likeness (QED) is 0.570. The number of rotatable bonds is 8. The topological polar surface area (TPSA) is 46.1 Å². The van der Waals surface area contributed by atoms with E-state index in [1.165, 1.54) is 5.56 Å². The number of likely N-dealkylation sites (tertiary alicyclic amines) is 1. The van der Waals surface area contributed by atoms with Gasteiger partial charge in [-0.2, -0.15) is 0 Å². The highest BCUT2D eigenvalue weighted by Gasteiger charge is 2.21. The second-order valence-electron chi connectivity index (χ2n) is 7.21. The van der Waals surface area contributed by atoms with Crippen LogP contribution in [0.25, 0.3) is 0 Å². The van der Waals surface area contributed by atoms with E-state index >= 15 is 0 Å². The predicted octanol–water partition coefficient (Wildman–Crippen LogP) is 3.34. The molecule has 146 valence electrons. The Bertz CT molecular complexity index is 535. The molecule has 1 aromatic rings. The maximum atomic E-state index is 5.74. The van der Waals surface area contributed by atoms with Crippen LogP contribution < -0.4 is 10.1 Å². The largest absolute Gasteiger partial charge is 0.493 e. The van der Waals surface area contributed by atoms with Gasteiger partial charge in [-0.3, -0.25) is 4.99 Å². The first-order valence-electron chi connectivity index (χ1n) is 9.91. The SMILES string of the molecule is CCOC1CCN(C(=NC)NCCc2ccc(OCC(C)C)cc2)CC1. The number of benzene rings is 1. The summed E-state index contributed by atoms with van der Waals surface area (Å²) in [5, 5.41) is 3.49. The van der Waals surface area contributed by atoms with Crippen LogP contribution in [0.4, 0.5) is 0 Å². The number of piperidine rings is 1. The third-order valence-corrected chi connectivity index (χ3v) is 4.56. The van der Waals surface area contributed by atoms with E-state index in [1.54, 1.807) is 0 Å². The van der Waals surface area contributed by atoms with Crippen molar-refractivity contribution in [2.75, 3.05) is 39.9 Å². The van der Waals surface area contributed by atoms with Crippen molar-refractivity contribution in [1.29, 1.82) is 0 Å². The van der Waals surface area contributed by atoms with Crippen LogP contribution in [0.15, 0.2) is 29.3 Å². The lowest BCUT2D eigenvalue weighted by Gasteiger charge is -2.34. The Morgan fingerprint density at radius 3 is 2.50 bits per heavy atom.